The predicted octanol–water partition coefficient (Wildman–Crippen LogP) is -0.102. The minimum Gasteiger partial charge on any atom is -0.460 e. The van der Waals surface area contributed by atoms with Crippen LogP contribution >= 0.6 is 0 Å². The van der Waals surface area contributed by atoms with E-state index in [2.05, 4.69) is 35.8 Å². The fourth-order valence-electron chi connectivity index (χ4n) is 1.56. The van der Waals surface area contributed by atoms with Crippen molar-refractivity contribution in [3.8, 4) is 5.82 Å². The number of aromatic nitrogens is 5. The molecule has 3 N–H and O–H groups in total. The third-order valence-corrected chi connectivity index (χ3v) is 2.56. The highest BCUT2D eigenvalue weighted by Crippen LogP contribution is 2.09. The lowest BCUT2D eigenvalue weighted by molar-refractivity contribution is 0.0950. The number of anilines is 1. The van der Waals surface area contributed by atoms with Gasteiger partial charge in [-0.05, 0) is 29.4 Å². The van der Waals surface area contributed by atoms with Gasteiger partial charge in [0.15, 0.2) is 5.69 Å². The van der Waals surface area contributed by atoms with Gasteiger partial charge >= 0.3 is 0 Å². The second-order valence-electron chi connectivity index (χ2n) is 4.17. The second-order valence-corrected chi connectivity index (χ2v) is 4.17. The van der Waals surface area contributed by atoms with Crippen molar-refractivity contribution in [3.63, 3.8) is 0 Å². The molecule has 0 unspecified atom stereocenters. The van der Waals surface area contributed by atoms with Gasteiger partial charge in [-0.25, -0.2) is 10.1 Å². The van der Waals surface area contributed by atoms with Crippen molar-refractivity contribution in [2.45, 2.75) is 6.92 Å². The second kappa shape index (κ2) is 5.47. The summed E-state index contributed by atoms with van der Waals surface area (Å²) in [4.78, 5) is 11.8. The lowest BCUT2D eigenvalue weighted by Crippen LogP contribution is -2.18. The molecule has 22 heavy (non-hydrogen) atoms. The Morgan fingerprint density at radius 3 is 3.00 bits per heavy atom. The molecular weight excluding hydrogens is 292 g/mol. The predicted molar refractivity (Wildman–Crippen MR) is 72.1 cm³/mol. The zero-order valence-electron chi connectivity index (χ0n) is 11.3. The van der Waals surface area contributed by atoms with Crippen LogP contribution in [0.5, 0.6) is 0 Å². The Kier molecular flexibility index (Phi) is 3.35. The van der Waals surface area contributed by atoms with E-state index >= 15 is 0 Å². The quantitative estimate of drug-likeness (QED) is 0.500. The number of nitrogens with zero attached hydrogens (tertiary/aromatic N) is 6. The van der Waals surface area contributed by atoms with E-state index in [0.29, 0.717) is 5.76 Å². The number of hydrazone groups is 1. The van der Waals surface area contributed by atoms with E-state index in [1.54, 1.807) is 19.1 Å². The van der Waals surface area contributed by atoms with Gasteiger partial charge in [-0.1, -0.05) is 5.21 Å². The van der Waals surface area contributed by atoms with E-state index in [1.165, 1.54) is 17.1 Å². The van der Waals surface area contributed by atoms with Gasteiger partial charge < -0.3 is 10.2 Å². The molecule has 11 nitrogen and oxygen atoms in total. The van der Waals surface area contributed by atoms with Crippen LogP contribution in [0.2, 0.25) is 0 Å². The van der Waals surface area contributed by atoms with Gasteiger partial charge in [0.1, 0.15) is 11.5 Å². The van der Waals surface area contributed by atoms with Gasteiger partial charge in [-0.3, -0.25) is 4.79 Å². The number of nitrogen functional groups attached to an aromatic ring is 1. The summed E-state index contributed by atoms with van der Waals surface area (Å²) in [7, 11) is 0. The van der Waals surface area contributed by atoms with Crippen LogP contribution in [0.3, 0.4) is 0 Å². The van der Waals surface area contributed by atoms with Gasteiger partial charge in [0.25, 0.3) is 5.91 Å². The summed E-state index contributed by atoms with van der Waals surface area (Å²) >= 11 is 0. The van der Waals surface area contributed by atoms with Gasteiger partial charge in [-0.15, -0.1) is 5.10 Å². The average molecular weight is 302 g/mol. The van der Waals surface area contributed by atoms with Crippen LogP contribution in [0.25, 0.3) is 5.82 Å². The molecule has 112 valence electrons. The Labute approximate surface area is 122 Å². The highest BCUT2D eigenvalue weighted by molar-refractivity contribution is 5.92. The zero-order valence-corrected chi connectivity index (χ0v) is 11.3. The molecule has 0 saturated carbocycles. The number of rotatable bonds is 4. The van der Waals surface area contributed by atoms with Crippen LogP contribution in [-0.2, 0) is 0 Å². The molecule has 3 rings (SSSR count). The van der Waals surface area contributed by atoms with Crippen LogP contribution < -0.4 is 11.2 Å². The Hall–Kier alpha value is -3.50. The maximum Gasteiger partial charge on any atom is 0.293 e. The minimum absolute atomic E-state index is 0.0233. The molecule has 0 fully saturated rings. The number of nitrogens with one attached hydrogen (secondary N) is 1. The Bertz CT molecular complexity index is 830. The van der Waals surface area contributed by atoms with Gasteiger partial charge in [0.2, 0.25) is 11.6 Å². The monoisotopic (exact) mass is 302 g/mol. The van der Waals surface area contributed by atoms with Crippen molar-refractivity contribution in [3.05, 3.63) is 35.5 Å². The van der Waals surface area contributed by atoms with Gasteiger partial charge in [0, 0.05) is 0 Å². The molecular formula is C11H10N8O3. The van der Waals surface area contributed by atoms with Crippen LogP contribution in [0.1, 0.15) is 22.0 Å². The lowest BCUT2D eigenvalue weighted by atomic mass is 10.4. The Balaban J connectivity index is 1.67. The van der Waals surface area contributed by atoms with E-state index in [0.717, 1.165) is 5.76 Å². The average Bonchev–Trinajstić information content (AvgIpc) is 3.19. The van der Waals surface area contributed by atoms with E-state index in [-0.39, 0.29) is 17.3 Å². The molecule has 0 aliphatic rings. The van der Waals surface area contributed by atoms with Crippen LogP contribution in [0.4, 0.5) is 5.82 Å². The van der Waals surface area contributed by atoms with E-state index in [4.69, 9.17) is 10.2 Å². The fraction of sp³-hybridized carbons (Fsp3) is 0.0909. The van der Waals surface area contributed by atoms with Crippen molar-refractivity contribution in [2.75, 3.05) is 5.73 Å². The zero-order chi connectivity index (χ0) is 15.5. The first-order valence-corrected chi connectivity index (χ1v) is 6.04. The summed E-state index contributed by atoms with van der Waals surface area (Å²) in [6.45, 7) is 1.80. The highest BCUT2D eigenvalue weighted by Gasteiger charge is 2.15. The summed E-state index contributed by atoms with van der Waals surface area (Å²) in [5.74, 6) is 0.877. The maximum absolute atomic E-state index is 11.8. The summed E-state index contributed by atoms with van der Waals surface area (Å²) < 4.78 is 10.9. The number of aryl methyl sites for hydroxylation is 1. The fourth-order valence-corrected chi connectivity index (χ4v) is 1.56. The normalized spacial score (nSPS) is 11.1. The number of carbonyl (C=O) groups excluding carboxylic acids is 1. The van der Waals surface area contributed by atoms with Crippen molar-refractivity contribution in [1.82, 2.24) is 30.7 Å². The molecule has 0 radical (unpaired) electrons. The van der Waals surface area contributed by atoms with Crippen molar-refractivity contribution in [1.29, 1.82) is 0 Å². The standard InChI is InChI=1S/C11H10N8O3/c1-6-2-3-7(21-6)4-13-15-11(20)8-5-19(18-14-8)10-9(12)16-22-17-10/h2-5H,1H3,(H2,12,16)(H,15,20). The molecule has 0 aliphatic heterocycles. The molecule has 0 spiro atoms. The topological polar surface area (TPSA) is 150 Å². The molecule has 3 aromatic heterocycles. The smallest absolute Gasteiger partial charge is 0.293 e. The number of carbonyl (C=O) groups is 1. The third-order valence-electron chi connectivity index (χ3n) is 2.56. The SMILES string of the molecule is Cc1ccc(C=NNC(=O)c2cn(-c3nonc3N)nn2)o1. The minimum atomic E-state index is -0.555. The Morgan fingerprint density at radius 2 is 2.32 bits per heavy atom. The first kappa shape index (κ1) is 13.5. The molecule has 3 heterocycles. The summed E-state index contributed by atoms with van der Waals surface area (Å²) in [6, 6.07) is 3.51. The molecule has 0 bridgehead atoms. The third kappa shape index (κ3) is 2.67. The number of hydrogen-bond acceptors (Lipinski definition) is 9. The van der Waals surface area contributed by atoms with E-state index in [9.17, 15) is 4.79 Å². The summed E-state index contributed by atoms with van der Waals surface area (Å²) in [6.07, 6.45) is 2.69. The van der Waals surface area contributed by atoms with Crippen LogP contribution in [0, 0.1) is 6.92 Å². The number of furan rings is 1. The molecule has 1 amide bonds. The highest BCUT2D eigenvalue weighted by atomic mass is 16.6. The first-order chi connectivity index (χ1) is 10.6. The number of hydrogen-bond donors (Lipinski definition) is 2. The number of amides is 1. The summed E-state index contributed by atoms with van der Waals surface area (Å²) in [5, 5.41) is 18.1. The Morgan fingerprint density at radius 1 is 1.45 bits per heavy atom. The van der Waals surface area contributed by atoms with E-state index in [1.807, 2.05) is 0 Å². The lowest BCUT2D eigenvalue weighted by Gasteiger charge is -1.93. The first-order valence-electron chi connectivity index (χ1n) is 6.04. The molecule has 3 aromatic rings. The molecule has 0 saturated heterocycles. The van der Waals surface area contributed by atoms with Crippen molar-refractivity contribution < 1.29 is 13.8 Å². The summed E-state index contributed by atoms with van der Waals surface area (Å²) in [5.41, 5.74) is 7.83. The molecule has 11 heteroatoms. The largest absolute Gasteiger partial charge is 0.460 e. The molecule has 0 atom stereocenters. The van der Waals surface area contributed by atoms with Crippen LogP contribution in [-0.4, -0.2) is 37.4 Å². The van der Waals surface area contributed by atoms with Gasteiger partial charge in [0.05, 0.1) is 12.4 Å². The van der Waals surface area contributed by atoms with Gasteiger partial charge in [-0.2, -0.15) is 9.78 Å². The molecule has 0 aromatic carbocycles. The van der Waals surface area contributed by atoms with Crippen LogP contribution in [0.15, 0.2) is 32.5 Å². The van der Waals surface area contributed by atoms with E-state index < -0.39 is 5.91 Å². The van der Waals surface area contributed by atoms with Crippen molar-refractivity contribution >= 4 is 17.9 Å². The van der Waals surface area contributed by atoms with Crippen molar-refractivity contribution in [2.24, 2.45) is 5.10 Å². The molecule has 0 aliphatic carbocycles. The maximum atomic E-state index is 11.8. The number of nitrogens with two attached hydrogens (primary N) is 1.